The number of nitrogens with one attached hydrogen (secondary N) is 1. The lowest BCUT2D eigenvalue weighted by Gasteiger charge is -2.21. The Bertz CT molecular complexity index is 503. The van der Waals surface area contributed by atoms with E-state index in [1.807, 2.05) is 20.8 Å². The molecule has 0 radical (unpaired) electrons. The van der Waals surface area contributed by atoms with Gasteiger partial charge in [0.15, 0.2) is 0 Å². The Morgan fingerprint density at radius 2 is 2.05 bits per heavy atom. The van der Waals surface area contributed by atoms with Gasteiger partial charge in [-0.3, -0.25) is 4.79 Å². The molecule has 1 amide bonds. The number of carbonyl (C=O) groups excluding carboxylic acids is 1. The second-order valence-corrected chi connectivity index (χ2v) is 7.03. The van der Waals surface area contributed by atoms with Crippen molar-refractivity contribution >= 4 is 27.8 Å². The Labute approximate surface area is 127 Å². The van der Waals surface area contributed by atoms with Crippen LogP contribution in [0.1, 0.15) is 44.1 Å². The predicted octanol–water partition coefficient (Wildman–Crippen LogP) is 2.80. The monoisotopic (exact) mass is 344 g/mol. The molecule has 0 fully saturated rings. The Hall–Kier alpha value is -1.30. The average molecular weight is 345 g/mol. The number of nitrogens with zero attached hydrogens (tertiary/aromatic N) is 1. The highest BCUT2D eigenvalue weighted by Crippen LogP contribution is 2.22. The number of halogens is 1. The number of carboxylic acid groups (broad SMARTS) is 1. The maximum Gasteiger partial charge on any atom is 0.326 e. The van der Waals surface area contributed by atoms with E-state index in [1.54, 1.807) is 23.9 Å². The van der Waals surface area contributed by atoms with Crippen LogP contribution in [0, 0.1) is 5.41 Å². The lowest BCUT2D eigenvalue weighted by atomic mass is 9.88. The van der Waals surface area contributed by atoms with E-state index in [0.717, 1.165) is 10.9 Å². The summed E-state index contributed by atoms with van der Waals surface area (Å²) in [6.07, 6.45) is 2.89. The SMILES string of the molecule is Cn1cc(Br)cc1C(=O)NC(CCC(C)(C)C)C(=O)O. The van der Waals surface area contributed by atoms with Crippen molar-refractivity contribution in [3.63, 3.8) is 0 Å². The molecule has 0 bridgehead atoms. The van der Waals surface area contributed by atoms with Crippen molar-refractivity contribution in [1.29, 1.82) is 0 Å². The molecule has 0 spiro atoms. The molecule has 0 aromatic carbocycles. The first-order chi connectivity index (χ1) is 9.10. The Morgan fingerprint density at radius 1 is 1.45 bits per heavy atom. The topological polar surface area (TPSA) is 71.3 Å². The van der Waals surface area contributed by atoms with Gasteiger partial charge >= 0.3 is 5.97 Å². The molecule has 1 heterocycles. The van der Waals surface area contributed by atoms with E-state index in [1.165, 1.54) is 0 Å². The lowest BCUT2D eigenvalue weighted by molar-refractivity contribution is -0.139. The molecule has 0 saturated carbocycles. The zero-order valence-corrected chi connectivity index (χ0v) is 13.8. The molecule has 2 N–H and O–H groups in total. The number of aromatic nitrogens is 1. The van der Waals surface area contributed by atoms with Gasteiger partial charge in [-0.2, -0.15) is 0 Å². The van der Waals surface area contributed by atoms with Crippen molar-refractivity contribution in [3.8, 4) is 0 Å². The summed E-state index contributed by atoms with van der Waals surface area (Å²) < 4.78 is 2.44. The molecule has 6 heteroatoms. The van der Waals surface area contributed by atoms with Gasteiger partial charge in [0, 0.05) is 17.7 Å². The van der Waals surface area contributed by atoms with Crippen LogP contribution in [0.4, 0.5) is 0 Å². The second-order valence-electron chi connectivity index (χ2n) is 6.12. The van der Waals surface area contributed by atoms with Crippen molar-refractivity contribution in [3.05, 3.63) is 22.4 Å². The van der Waals surface area contributed by atoms with E-state index in [-0.39, 0.29) is 11.3 Å². The number of rotatable bonds is 5. The van der Waals surface area contributed by atoms with Crippen LogP contribution in [0.3, 0.4) is 0 Å². The minimum absolute atomic E-state index is 0.0342. The van der Waals surface area contributed by atoms with Crippen LogP contribution in [0.5, 0.6) is 0 Å². The molecule has 20 heavy (non-hydrogen) atoms. The van der Waals surface area contributed by atoms with Gasteiger partial charge in [-0.05, 0) is 40.3 Å². The molecule has 112 valence electrons. The van der Waals surface area contributed by atoms with E-state index >= 15 is 0 Å². The third kappa shape index (κ3) is 5.00. The van der Waals surface area contributed by atoms with Gasteiger partial charge in [-0.15, -0.1) is 0 Å². The number of carboxylic acids is 1. The average Bonchev–Trinajstić information content (AvgIpc) is 2.61. The maximum atomic E-state index is 12.1. The molecule has 1 aromatic rings. The normalized spacial score (nSPS) is 13.1. The molecular weight excluding hydrogens is 324 g/mol. The largest absolute Gasteiger partial charge is 0.480 e. The minimum Gasteiger partial charge on any atom is -0.480 e. The lowest BCUT2D eigenvalue weighted by Crippen LogP contribution is -2.41. The Balaban J connectivity index is 2.73. The molecule has 0 aliphatic carbocycles. The smallest absolute Gasteiger partial charge is 0.326 e. The van der Waals surface area contributed by atoms with Gasteiger partial charge in [-0.25, -0.2) is 4.79 Å². The summed E-state index contributed by atoms with van der Waals surface area (Å²) in [6.45, 7) is 6.13. The summed E-state index contributed by atoms with van der Waals surface area (Å²) in [5.41, 5.74) is 0.464. The number of amides is 1. The molecule has 1 atom stereocenters. The summed E-state index contributed by atoms with van der Waals surface area (Å²) >= 11 is 3.29. The number of carbonyl (C=O) groups is 2. The number of aliphatic carboxylic acids is 1. The first kappa shape index (κ1) is 16.8. The quantitative estimate of drug-likeness (QED) is 0.862. The van der Waals surface area contributed by atoms with Crippen LogP contribution in [-0.2, 0) is 11.8 Å². The van der Waals surface area contributed by atoms with Crippen LogP contribution in [0.2, 0.25) is 0 Å². The van der Waals surface area contributed by atoms with Crippen molar-refractivity contribution in [2.24, 2.45) is 12.5 Å². The van der Waals surface area contributed by atoms with Crippen molar-refractivity contribution in [2.75, 3.05) is 0 Å². The third-order valence-corrected chi connectivity index (χ3v) is 3.42. The zero-order chi connectivity index (χ0) is 15.5. The molecule has 0 saturated heterocycles. The fourth-order valence-corrected chi connectivity index (χ4v) is 2.34. The standard InChI is InChI=1S/C14H21BrN2O3/c1-14(2,3)6-5-10(13(19)20)16-12(18)11-7-9(15)8-17(11)4/h7-8,10H,5-6H2,1-4H3,(H,16,18)(H,19,20). The van der Waals surface area contributed by atoms with Gasteiger partial charge < -0.3 is 15.0 Å². The van der Waals surface area contributed by atoms with Gasteiger partial charge in [0.1, 0.15) is 11.7 Å². The molecule has 5 nitrogen and oxygen atoms in total. The zero-order valence-electron chi connectivity index (χ0n) is 12.2. The first-order valence-electron chi connectivity index (χ1n) is 6.46. The first-order valence-corrected chi connectivity index (χ1v) is 7.25. The van der Waals surface area contributed by atoms with Gasteiger partial charge in [0.2, 0.25) is 0 Å². The van der Waals surface area contributed by atoms with Gasteiger partial charge in [0.05, 0.1) is 0 Å². The fourth-order valence-electron chi connectivity index (χ4n) is 1.82. The van der Waals surface area contributed by atoms with Gasteiger partial charge in [-0.1, -0.05) is 20.8 Å². The summed E-state index contributed by atoms with van der Waals surface area (Å²) in [4.78, 5) is 23.3. The van der Waals surface area contributed by atoms with Crippen molar-refractivity contribution < 1.29 is 14.7 Å². The molecule has 0 aliphatic rings. The Morgan fingerprint density at radius 3 is 2.45 bits per heavy atom. The predicted molar refractivity (Wildman–Crippen MR) is 80.7 cm³/mol. The number of hydrogen-bond donors (Lipinski definition) is 2. The summed E-state index contributed by atoms with van der Waals surface area (Å²) in [7, 11) is 1.74. The summed E-state index contributed by atoms with van der Waals surface area (Å²) in [5, 5.41) is 11.8. The van der Waals surface area contributed by atoms with Crippen LogP contribution >= 0.6 is 15.9 Å². The highest BCUT2D eigenvalue weighted by molar-refractivity contribution is 9.10. The number of aryl methyl sites for hydroxylation is 1. The summed E-state index contributed by atoms with van der Waals surface area (Å²) in [5.74, 6) is -1.38. The van der Waals surface area contributed by atoms with Crippen LogP contribution in [0.25, 0.3) is 0 Å². The maximum absolute atomic E-state index is 12.1. The fraction of sp³-hybridized carbons (Fsp3) is 0.571. The molecule has 1 rings (SSSR count). The molecule has 1 unspecified atom stereocenters. The van der Waals surface area contributed by atoms with E-state index in [9.17, 15) is 14.7 Å². The van der Waals surface area contributed by atoms with Crippen LogP contribution < -0.4 is 5.32 Å². The van der Waals surface area contributed by atoms with Crippen molar-refractivity contribution in [2.45, 2.75) is 39.7 Å². The number of hydrogen-bond acceptors (Lipinski definition) is 2. The summed E-state index contributed by atoms with van der Waals surface area (Å²) in [6, 6.07) is 0.799. The van der Waals surface area contributed by atoms with Gasteiger partial charge in [0.25, 0.3) is 5.91 Å². The minimum atomic E-state index is -1.00. The molecule has 1 aromatic heterocycles. The van der Waals surface area contributed by atoms with E-state index < -0.39 is 12.0 Å². The van der Waals surface area contributed by atoms with Crippen LogP contribution in [-0.4, -0.2) is 27.6 Å². The van der Waals surface area contributed by atoms with E-state index in [2.05, 4.69) is 21.2 Å². The van der Waals surface area contributed by atoms with Crippen molar-refractivity contribution in [1.82, 2.24) is 9.88 Å². The molecular formula is C14H21BrN2O3. The Kier molecular flexibility index (Phi) is 5.39. The van der Waals surface area contributed by atoms with E-state index in [0.29, 0.717) is 12.1 Å². The molecule has 0 aliphatic heterocycles. The third-order valence-electron chi connectivity index (χ3n) is 2.99. The highest BCUT2D eigenvalue weighted by atomic mass is 79.9. The van der Waals surface area contributed by atoms with E-state index in [4.69, 9.17) is 0 Å². The highest BCUT2D eigenvalue weighted by Gasteiger charge is 2.24. The second kappa shape index (κ2) is 6.43. The van der Waals surface area contributed by atoms with Crippen LogP contribution in [0.15, 0.2) is 16.7 Å².